The number of nitrogens with zero attached hydrogens (tertiary/aromatic N) is 4. The Bertz CT molecular complexity index is 1110. The van der Waals surface area contributed by atoms with E-state index >= 15 is 0 Å². The minimum Gasteiger partial charge on any atom is -0.352 e. The molecule has 0 radical (unpaired) electrons. The molecule has 178 valence electrons. The number of hydrogen-bond donors (Lipinski definition) is 1. The summed E-state index contributed by atoms with van der Waals surface area (Å²) in [5, 5.41) is 3.00. The zero-order valence-corrected chi connectivity index (χ0v) is 20.0. The first kappa shape index (κ1) is 23.4. The van der Waals surface area contributed by atoms with E-state index in [0.29, 0.717) is 30.8 Å². The molecule has 0 aliphatic carbocycles. The summed E-state index contributed by atoms with van der Waals surface area (Å²) >= 11 is 0. The van der Waals surface area contributed by atoms with Crippen LogP contribution in [0.15, 0.2) is 35.5 Å². The third kappa shape index (κ3) is 5.11. The lowest BCUT2D eigenvalue weighted by atomic mass is 9.97. The minimum absolute atomic E-state index is 0.0392. The number of carbonyl (C=O) groups excluding carboxylic acids is 2. The second kappa shape index (κ2) is 9.64. The smallest absolute Gasteiger partial charge is 0.262 e. The number of sulfonamides is 1. The van der Waals surface area contributed by atoms with E-state index in [2.05, 4.69) is 10.3 Å². The van der Waals surface area contributed by atoms with Crippen molar-refractivity contribution >= 4 is 21.8 Å². The highest BCUT2D eigenvalue weighted by molar-refractivity contribution is 7.89. The van der Waals surface area contributed by atoms with Crippen molar-refractivity contribution in [1.82, 2.24) is 24.1 Å². The summed E-state index contributed by atoms with van der Waals surface area (Å²) in [7, 11) is -1.89. The average Bonchev–Trinajstić information content (AvgIpc) is 3.48. The number of nitrogens with one attached hydrogen (secondary N) is 1. The average molecular weight is 474 g/mol. The van der Waals surface area contributed by atoms with Crippen molar-refractivity contribution in [3.63, 3.8) is 0 Å². The molecule has 0 unspecified atom stereocenters. The standard InChI is InChI=1S/C23H31N5O4S/c1-17-25-21(16-26(17)2)33(31,32)28-12-8-19(9-13-28)22(29)24-15-18-6-5-7-20(14-18)23(30)27-10-3-4-11-27/h5-7,14,16,19H,3-4,8-13,15H2,1-2H3,(H,24,29). The fourth-order valence-electron chi connectivity index (χ4n) is 4.39. The van der Waals surface area contributed by atoms with E-state index < -0.39 is 10.0 Å². The first-order chi connectivity index (χ1) is 15.8. The molecule has 2 amide bonds. The Morgan fingerprint density at radius 3 is 2.45 bits per heavy atom. The summed E-state index contributed by atoms with van der Waals surface area (Å²) in [6.07, 6.45) is 4.53. The van der Waals surface area contributed by atoms with Gasteiger partial charge in [0.25, 0.3) is 15.9 Å². The van der Waals surface area contributed by atoms with Gasteiger partial charge in [0.15, 0.2) is 5.03 Å². The van der Waals surface area contributed by atoms with Gasteiger partial charge in [-0.25, -0.2) is 13.4 Å². The van der Waals surface area contributed by atoms with Gasteiger partial charge in [-0.1, -0.05) is 12.1 Å². The van der Waals surface area contributed by atoms with Crippen LogP contribution in [0.5, 0.6) is 0 Å². The van der Waals surface area contributed by atoms with Crippen molar-refractivity contribution in [3.8, 4) is 0 Å². The number of amides is 2. The Morgan fingerprint density at radius 1 is 1.12 bits per heavy atom. The van der Waals surface area contributed by atoms with E-state index in [9.17, 15) is 18.0 Å². The van der Waals surface area contributed by atoms with E-state index in [0.717, 1.165) is 31.5 Å². The van der Waals surface area contributed by atoms with Gasteiger partial charge in [0.05, 0.1) is 0 Å². The van der Waals surface area contributed by atoms with Crippen molar-refractivity contribution in [1.29, 1.82) is 0 Å². The van der Waals surface area contributed by atoms with Crippen LogP contribution in [-0.4, -0.2) is 65.2 Å². The summed E-state index contributed by atoms with van der Waals surface area (Å²) in [5.74, 6) is 0.347. The summed E-state index contributed by atoms with van der Waals surface area (Å²) in [4.78, 5) is 31.3. The van der Waals surface area contributed by atoms with E-state index in [-0.39, 0.29) is 35.8 Å². The van der Waals surface area contributed by atoms with Crippen molar-refractivity contribution in [2.24, 2.45) is 13.0 Å². The Hall–Kier alpha value is -2.72. The highest BCUT2D eigenvalue weighted by Gasteiger charge is 2.33. The first-order valence-corrected chi connectivity index (χ1v) is 12.9. The number of benzene rings is 1. The highest BCUT2D eigenvalue weighted by atomic mass is 32.2. The SMILES string of the molecule is Cc1nc(S(=O)(=O)N2CCC(C(=O)NCc3cccc(C(=O)N4CCCC4)c3)CC2)cn1C. The molecule has 33 heavy (non-hydrogen) atoms. The fourth-order valence-corrected chi connectivity index (χ4v) is 5.89. The quantitative estimate of drug-likeness (QED) is 0.687. The van der Waals surface area contributed by atoms with Crippen LogP contribution < -0.4 is 5.32 Å². The molecule has 1 aromatic carbocycles. The maximum absolute atomic E-state index is 12.8. The molecular formula is C23H31N5O4S. The molecule has 1 aromatic heterocycles. The van der Waals surface area contributed by atoms with Crippen LogP contribution in [0.3, 0.4) is 0 Å². The highest BCUT2D eigenvalue weighted by Crippen LogP contribution is 2.24. The minimum atomic E-state index is -3.65. The third-order valence-electron chi connectivity index (χ3n) is 6.55. The van der Waals surface area contributed by atoms with Crippen molar-refractivity contribution in [3.05, 3.63) is 47.4 Å². The lowest BCUT2D eigenvalue weighted by molar-refractivity contribution is -0.126. The molecule has 10 heteroatoms. The molecule has 0 saturated carbocycles. The molecule has 4 rings (SSSR count). The van der Waals surface area contributed by atoms with E-state index in [1.807, 2.05) is 29.2 Å². The van der Waals surface area contributed by atoms with Gasteiger partial charge >= 0.3 is 0 Å². The van der Waals surface area contributed by atoms with Crippen LogP contribution >= 0.6 is 0 Å². The van der Waals surface area contributed by atoms with Crippen LogP contribution in [0.1, 0.15) is 47.4 Å². The van der Waals surface area contributed by atoms with Crippen molar-refractivity contribution in [2.75, 3.05) is 26.2 Å². The monoisotopic (exact) mass is 473 g/mol. The number of piperidine rings is 1. The number of aromatic nitrogens is 2. The van der Waals surface area contributed by atoms with Gasteiger partial charge in [-0.2, -0.15) is 4.31 Å². The van der Waals surface area contributed by atoms with Crippen LogP contribution in [0.4, 0.5) is 0 Å². The molecule has 0 atom stereocenters. The maximum atomic E-state index is 12.8. The molecule has 2 saturated heterocycles. The first-order valence-electron chi connectivity index (χ1n) is 11.4. The van der Waals surface area contributed by atoms with Crippen molar-refractivity contribution < 1.29 is 18.0 Å². The predicted octanol–water partition coefficient (Wildman–Crippen LogP) is 1.68. The van der Waals surface area contributed by atoms with Crippen LogP contribution in [0, 0.1) is 12.8 Å². The molecule has 2 aliphatic heterocycles. The Balaban J connectivity index is 1.30. The molecule has 2 fully saturated rings. The zero-order chi connectivity index (χ0) is 23.6. The van der Waals surface area contributed by atoms with Crippen molar-refractivity contribution in [2.45, 2.75) is 44.2 Å². The van der Waals surface area contributed by atoms with E-state index in [1.165, 1.54) is 10.5 Å². The molecule has 0 spiro atoms. The maximum Gasteiger partial charge on any atom is 0.262 e. The Kier molecular flexibility index (Phi) is 6.85. The third-order valence-corrected chi connectivity index (χ3v) is 8.32. The molecule has 0 bridgehead atoms. The number of rotatable bonds is 6. The Morgan fingerprint density at radius 2 is 1.82 bits per heavy atom. The van der Waals surface area contributed by atoms with Crippen LogP contribution in [0.25, 0.3) is 0 Å². The van der Waals surface area contributed by atoms with Gasteiger partial charge in [-0.05, 0) is 50.3 Å². The number of carbonyl (C=O) groups is 2. The Labute approximate surface area is 194 Å². The summed E-state index contributed by atoms with van der Waals surface area (Å²) in [5.41, 5.74) is 1.52. The van der Waals surface area contributed by atoms with Gasteiger partial charge in [-0.3, -0.25) is 9.59 Å². The zero-order valence-electron chi connectivity index (χ0n) is 19.2. The molecule has 2 aliphatic rings. The predicted molar refractivity (Wildman–Crippen MR) is 123 cm³/mol. The molecule has 9 nitrogen and oxygen atoms in total. The number of imidazole rings is 1. The van der Waals surface area contributed by atoms with Gasteiger partial charge in [-0.15, -0.1) is 0 Å². The summed E-state index contributed by atoms with van der Waals surface area (Å²) < 4.78 is 28.8. The fraction of sp³-hybridized carbons (Fsp3) is 0.522. The lowest BCUT2D eigenvalue weighted by Crippen LogP contribution is -2.43. The molecular weight excluding hydrogens is 442 g/mol. The van der Waals surface area contributed by atoms with Crippen LogP contribution in [0.2, 0.25) is 0 Å². The van der Waals surface area contributed by atoms with Gasteiger partial charge in [0, 0.05) is 57.4 Å². The lowest BCUT2D eigenvalue weighted by Gasteiger charge is -2.30. The normalized spacial score (nSPS) is 17.9. The summed E-state index contributed by atoms with van der Waals surface area (Å²) in [6, 6.07) is 7.38. The molecule has 3 heterocycles. The number of likely N-dealkylation sites (tertiary alicyclic amines) is 1. The second-order valence-electron chi connectivity index (χ2n) is 8.83. The second-order valence-corrected chi connectivity index (χ2v) is 10.7. The van der Waals surface area contributed by atoms with E-state index in [1.54, 1.807) is 18.5 Å². The van der Waals surface area contributed by atoms with Gasteiger partial charge < -0.3 is 14.8 Å². The summed E-state index contributed by atoms with van der Waals surface area (Å²) in [6.45, 7) is 4.27. The largest absolute Gasteiger partial charge is 0.352 e. The number of hydrogen-bond acceptors (Lipinski definition) is 5. The van der Waals surface area contributed by atoms with Crippen LogP contribution in [-0.2, 0) is 28.4 Å². The molecule has 1 N–H and O–H groups in total. The van der Waals surface area contributed by atoms with E-state index in [4.69, 9.17) is 0 Å². The molecule has 2 aromatic rings. The number of aryl methyl sites for hydroxylation is 2. The van der Waals surface area contributed by atoms with Gasteiger partial charge in [0.1, 0.15) is 5.82 Å². The topological polar surface area (TPSA) is 105 Å². The van der Waals surface area contributed by atoms with Gasteiger partial charge in [0.2, 0.25) is 5.91 Å².